The van der Waals surface area contributed by atoms with Gasteiger partial charge in [-0.15, -0.1) is 5.10 Å². The molecule has 128 valence electrons. The van der Waals surface area contributed by atoms with Crippen molar-refractivity contribution in [1.29, 1.82) is 0 Å². The topological polar surface area (TPSA) is 72.2 Å². The molecule has 0 aromatic carbocycles. The maximum absolute atomic E-state index is 9.65. The van der Waals surface area contributed by atoms with Crippen LogP contribution >= 0.6 is 0 Å². The zero-order valence-corrected chi connectivity index (χ0v) is 14.5. The standard InChI is InChI=1S/C16H32N4O2/c1-16(2,3)17-10-8-6-5-7-9-14-11-20(19-18-14)12-15(21)13-22-4/h11,15,17,21H,5-10,12-13H2,1-4H3. The molecule has 0 fully saturated rings. The monoisotopic (exact) mass is 312 g/mol. The Bertz CT molecular complexity index is 401. The molecule has 0 saturated carbocycles. The zero-order chi connectivity index (χ0) is 16.4. The number of nitrogens with zero attached hydrogens (tertiary/aromatic N) is 3. The molecule has 1 aromatic rings. The van der Waals surface area contributed by atoms with E-state index in [2.05, 4.69) is 36.4 Å². The molecule has 1 aromatic heterocycles. The third-order valence-electron chi connectivity index (χ3n) is 3.36. The van der Waals surface area contributed by atoms with Gasteiger partial charge in [0.25, 0.3) is 0 Å². The first-order chi connectivity index (χ1) is 10.4. The number of hydrogen-bond acceptors (Lipinski definition) is 5. The lowest BCUT2D eigenvalue weighted by molar-refractivity contribution is 0.0510. The van der Waals surface area contributed by atoms with Crippen LogP contribution in [0.4, 0.5) is 0 Å². The third-order valence-corrected chi connectivity index (χ3v) is 3.36. The first-order valence-corrected chi connectivity index (χ1v) is 8.22. The number of aliphatic hydroxyl groups excluding tert-OH is 1. The quantitative estimate of drug-likeness (QED) is 0.609. The van der Waals surface area contributed by atoms with Crippen molar-refractivity contribution in [3.05, 3.63) is 11.9 Å². The maximum Gasteiger partial charge on any atom is 0.0969 e. The molecular formula is C16H32N4O2. The molecule has 1 heterocycles. The number of unbranched alkanes of at least 4 members (excludes halogenated alkanes) is 3. The van der Waals surface area contributed by atoms with Crippen molar-refractivity contribution in [2.45, 2.75) is 71.1 Å². The van der Waals surface area contributed by atoms with Crippen LogP contribution in [0.15, 0.2) is 6.20 Å². The molecule has 0 saturated heterocycles. The predicted octanol–water partition coefficient (Wildman–Crippen LogP) is 1.78. The second kappa shape index (κ2) is 9.92. The lowest BCUT2D eigenvalue weighted by atomic mass is 10.1. The molecular weight excluding hydrogens is 280 g/mol. The van der Waals surface area contributed by atoms with E-state index >= 15 is 0 Å². The molecule has 0 bridgehead atoms. The fourth-order valence-corrected chi connectivity index (χ4v) is 2.25. The molecule has 0 aliphatic carbocycles. The van der Waals surface area contributed by atoms with Gasteiger partial charge in [-0.2, -0.15) is 0 Å². The van der Waals surface area contributed by atoms with Crippen molar-refractivity contribution in [2.24, 2.45) is 0 Å². The van der Waals surface area contributed by atoms with Gasteiger partial charge in [-0.1, -0.05) is 18.1 Å². The van der Waals surface area contributed by atoms with E-state index in [0.29, 0.717) is 13.2 Å². The predicted molar refractivity (Wildman–Crippen MR) is 87.8 cm³/mol. The lowest BCUT2D eigenvalue weighted by Gasteiger charge is -2.20. The van der Waals surface area contributed by atoms with Crippen LogP contribution in [0.2, 0.25) is 0 Å². The summed E-state index contributed by atoms with van der Waals surface area (Å²) in [6, 6.07) is 0. The molecule has 1 atom stereocenters. The van der Waals surface area contributed by atoms with Crippen LogP contribution in [0.1, 0.15) is 52.1 Å². The highest BCUT2D eigenvalue weighted by atomic mass is 16.5. The van der Waals surface area contributed by atoms with Crippen molar-refractivity contribution in [3.8, 4) is 0 Å². The summed E-state index contributed by atoms with van der Waals surface area (Å²) in [5, 5.41) is 21.3. The highest BCUT2D eigenvalue weighted by Gasteiger charge is 2.08. The van der Waals surface area contributed by atoms with E-state index in [1.54, 1.807) is 11.8 Å². The number of aryl methyl sites for hydroxylation is 1. The largest absolute Gasteiger partial charge is 0.389 e. The summed E-state index contributed by atoms with van der Waals surface area (Å²) in [7, 11) is 1.58. The van der Waals surface area contributed by atoms with Crippen LogP contribution in [-0.2, 0) is 17.7 Å². The number of nitrogens with one attached hydrogen (secondary N) is 1. The highest BCUT2D eigenvalue weighted by Crippen LogP contribution is 2.06. The van der Waals surface area contributed by atoms with E-state index in [9.17, 15) is 5.11 Å². The van der Waals surface area contributed by atoms with Gasteiger partial charge in [0.05, 0.1) is 24.9 Å². The number of aliphatic hydroxyl groups is 1. The van der Waals surface area contributed by atoms with Crippen molar-refractivity contribution >= 4 is 0 Å². The summed E-state index contributed by atoms with van der Waals surface area (Å²) in [4.78, 5) is 0. The minimum Gasteiger partial charge on any atom is -0.389 e. The Morgan fingerprint density at radius 3 is 2.68 bits per heavy atom. The molecule has 22 heavy (non-hydrogen) atoms. The summed E-state index contributed by atoms with van der Waals surface area (Å²) in [5.74, 6) is 0. The Morgan fingerprint density at radius 2 is 2.00 bits per heavy atom. The normalized spacial score (nSPS) is 13.5. The van der Waals surface area contributed by atoms with Crippen molar-refractivity contribution in [1.82, 2.24) is 20.3 Å². The molecule has 1 rings (SSSR count). The number of rotatable bonds is 11. The van der Waals surface area contributed by atoms with E-state index < -0.39 is 6.10 Å². The van der Waals surface area contributed by atoms with Crippen LogP contribution in [0.3, 0.4) is 0 Å². The second-order valence-electron chi connectivity index (χ2n) is 6.88. The van der Waals surface area contributed by atoms with Crippen LogP contribution in [0, 0.1) is 0 Å². The molecule has 0 amide bonds. The van der Waals surface area contributed by atoms with Crippen LogP contribution < -0.4 is 5.32 Å². The molecule has 0 aliphatic rings. The van der Waals surface area contributed by atoms with Crippen LogP contribution in [0.25, 0.3) is 0 Å². The summed E-state index contributed by atoms with van der Waals surface area (Å²) >= 11 is 0. The number of aromatic nitrogens is 3. The fraction of sp³-hybridized carbons (Fsp3) is 0.875. The Hall–Kier alpha value is -0.980. The fourth-order valence-electron chi connectivity index (χ4n) is 2.25. The molecule has 6 heteroatoms. The average Bonchev–Trinajstić information content (AvgIpc) is 2.84. The van der Waals surface area contributed by atoms with Crippen molar-refractivity contribution < 1.29 is 9.84 Å². The number of hydrogen-bond donors (Lipinski definition) is 2. The van der Waals surface area contributed by atoms with E-state index in [0.717, 1.165) is 25.1 Å². The van der Waals surface area contributed by atoms with E-state index in [1.165, 1.54) is 19.3 Å². The van der Waals surface area contributed by atoms with Gasteiger partial charge in [0.15, 0.2) is 0 Å². The first kappa shape index (κ1) is 19.1. The van der Waals surface area contributed by atoms with Gasteiger partial charge in [0, 0.05) is 18.8 Å². The van der Waals surface area contributed by atoms with Gasteiger partial charge in [0.2, 0.25) is 0 Å². The maximum atomic E-state index is 9.65. The lowest BCUT2D eigenvalue weighted by Crippen LogP contribution is -2.36. The summed E-state index contributed by atoms with van der Waals surface area (Å²) in [6.45, 7) is 8.41. The average molecular weight is 312 g/mol. The van der Waals surface area contributed by atoms with E-state index in [4.69, 9.17) is 4.74 Å². The molecule has 0 spiro atoms. The molecule has 0 radical (unpaired) electrons. The number of ether oxygens (including phenoxy) is 1. The highest BCUT2D eigenvalue weighted by molar-refractivity contribution is 4.92. The van der Waals surface area contributed by atoms with Crippen LogP contribution in [0.5, 0.6) is 0 Å². The molecule has 0 aliphatic heterocycles. The van der Waals surface area contributed by atoms with Gasteiger partial charge in [-0.05, 0) is 46.6 Å². The molecule has 6 nitrogen and oxygen atoms in total. The van der Waals surface area contributed by atoms with Gasteiger partial charge in [-0.25, -0.2) is 4.68 Å². The smallest absolute Gasteiger partial charge is 0.0969 e. The van der Waals surface area contributed by atoms with Gasteiger partial charge in [-0.3, -0.25) is 0 Å². The Labute approximate surface area is 134 Å². The van der Waals surface area contributed by atoms with E-state index in [-0.39, 0.29) is 5.54 Å². The minimum atomic E-state index is -0.533. The van der Waals surface area contributed by atoms with Gasteiger partial charge in [0.1, 0.15) is 0 Å². The molecule has 2 N–H and O–H groups in total. The van der Waals surface area contributed by atoms with Crippen LogP contribution in [-0.4, -0.2) is 52.0 Å². The minimum absolute atomic E-state index is 0.214. The summed E-state index contributed by atoms with van der Waals surface area (Å²) < 4.78 is 6.59. The van der Waals surface area contributed by atoms with Gasteiger partial charge >= 0.3 is 0 Å². The SMILES string of the molecule is COCC(O)Cn1cc(CCCCCCNC(C)(C)C)nn1. The number of methoxy groups -OCH3 is 1. The second-order valence-corrected chi connectivity index (χ2v) is 6.88. The van der Waals surface area contributed by atoms with Gasteiger partial charge < -0.3 is 15.2 Å². The Morgan fingerprint density at radius 1 is 1.27 bits per heavy atom. The first-order valence-electron chi connectivity index (χ1n) is 8.22. The Balaban J connectivity index is 2.09. The van der Waals surface area contributed by atoms with Crippen molar-refractivity contribution in [3.63, 3.8) is 0 Å². The summed E-state index contributed by atoms with van der Waals surface area (Å²) in [6.07, 6.45) is 7.14. The molecule has 1 unspecified atom stereocenters. The van der Waals surface area contributed by atoms with Crippen molar-refractivity contribution in [2.75, 3.05) is 20.3 Å². The zero-order valence-electron chi connectivity index (χ0n) is 14.5. The summed E-state index contributed by atoms with van der Waals surface area (Å²) in [5.41, 5.74) is 1.21. The Kier molecular flexibility index (Phi) is 8.60. The third kappa shape index (κ3) is 9.12. The van der Waals surface area contributed by atoms with E-state index in [1.807, 2.05) is 6.20 Å².